The van der Waals surface area contributed by atoms with E-state index in [4.69, 9.17) is 4.63 Å². The normalized spacial score (nSPS) is 19.2. The minimum atomic E-state index is 0.743. The Bertz CT molecular complexity index is 830. The van der Waals surface area contributed by atoms with Crippen LogP contribution in [0.4, 0.5) is 5.69 Å². The minimum Gasteiger partial charge on any atom is -0.369 e. The smallest absolute Gasteiger partial charge is 0.158 e. The van der Waals surface area contributed by atoms with Crippen LogP contribution >= 0.6 is 0 Å². The van der Waals surface area contributed by atoms with E-state index in [0.29, 0.717) is 0 Å². The first-order valence-corrected chi connectivity index (χ1v) is 8.60. The Hall–Kier alpha value is -2.41. The van der Waals surface area contributed by atoms with Crippen molar-refractivity contribution in [3.05, 3.63) is 24.4 Å². The molecule has 1 N–H and O–H groups in total. The fraction of sp³-hybridized carbons (Fsp3) is 0.471. The summed E-state index contributed by atoms with van der Waals surface area (Å²) in [5.41, 5.74) is 4.68. The van der Waals surface area contributed by atoms with E-state index in [0.717, 1.165) is 47.0 Å². The third-order valence-corrected chi connectivity index (χ3v) is 5.15. The standard InChI is InChI=1S/C17H20N6O/c1-2-6-22(5-1)9-12-10-23(11-12)16-8-13(14-3-4-18-19-14)7-15-17(16)21-24-20-15/h3-4,7-8,12H,1-2,5-6,9-11H2,(H,18,19). The Morgan fingerprint density at radius 1 is 1.17 bits per heavy atom. The summed E-state index contributed by atoms with van der Waals surface area (Å²) in [4.78, 5) is 4.97. The van der Waals surface area contributed by atoms with Gasteiger partial charge in [0, 0.05) is 37.3 Å². The average molecular weight is 324 g/mol. The van der Waals surface area contributed by atoms with Gasteiger partial charge in [-0.25, -0.2) is 4.63 Å². The number of H-pyrrole nitrogens is 1. The molecule has 2 aromatic heterocycles. The van der Waals surface area contributed by atoms with E-state index in [1.807, 2.05) is 18.3 Å². The SMILES string of the molecule is c1cc(-c2cc(N3CC(CN4CCCC4)C3)c3nonc3c2)n[nH]1. The number of anilines is 1. The molecule has 3 aromatic rings. The predicted molar refractivity (Wildman–Crippen MR) is 90.8 cm³/mol. The van der Waals surface area contributed by atoms with Gasteiger partial charge >= 0.3 is 0 Å². The van der Waals surface area contributed by atoms with E-state index < -0.39 is 0 Å². The maximum atomic E-state index is 4.97. The zero-order valence-electron chi connectivity index (χ0n) is 13.5. The molecule has 0 radical (unpaired) electrons. The fourth-order valence-corrected chi connectivity index (χ4v) is 3.89. The van der Waals surface area contributed by atoms with Crippen LogP contribution in [0.25, 0.3) is 22.3 Å². The number of nitrogens with zero attached hydrogens (tertiary/aromatic N) is 5. The molecule has 4 heterocycles. The molecule has 2 aliphatic heterocycles. The Morgan fingerprint density at radius 2 is 2.04 bits per heavy atom. The van der Waals surface area contributed by atoms with Gasteiger partial charge in [0.1, 0.15) is 5.52 Å². The highest BCUT2D eigenvalue weighted by Gasteiger charge is 2.31. The molecular weight excluding hydrogens is 304 g/mol. The quantitative estimate of drug-likeness (QED) is 0.792. The van der Waals surface area contributed by atoms with Crippen LogP contribution in [0.5, 0.6) is 0 Å². The first kappa shape index (κ1) is 14.0. The number of aromatic amines is 1. The first-order chi connectivity index (χ1) is 11.9. The summed E-state index contributed by atoms with van der Waals surface area (Å²) in [6.45, 7) is 5.89. The summed E-state index contributed by atoms with van der Waals surface area (Å²) in [5.74, 6) is 0.743. The molecular formula is C17H20N6O. The molecule has 2 aliphatic rings. The third-order valence-electron chi connectivity index (χ3n) is 5.15. The largest absolute Gasteiger partial charge is 0.369 e. The predicted octanol–water partition coefficient (Wildman–Crippen LogP) is 2.14. The maximum Gasteiger partial charge on any atom is 0.158 e. The van der Waals surface area contributed by atoms with E-state index in [-0.39, 0.29) is 0 Å². The second kappa shape index (κ2) is 5.59. The molecule has 5 rings (SSSR count). The Labute approximate surface area is 139 Å². The molecule has 0 bridgehead atoms. The molecule has 124 valence electrons. The molecule has 0 spiro atoms. The fourth-order valence-electron chi connectivity index (χ4n) is 3.89. The van der Waals surface area contributed by atoms with E-state index >= 15 is 0 Å². The summed E-state index contributed by atoms with van der Waals surface area (Å²) >= 11 is 0. The number of rotatable bonds is 4. The second-order valence-corrected chi connectivity index (χ2v) is 6.87. The van der Waals surface area contributed by atoms with Crippen LogP contribution in [0.15, 0.2) is 29.0 Å². The number of hydrogen-bond donors (Lipinski definition) is 1. The number of nitrogens with one attached hydrogen (secondary N) is 1. The lowest BCUT2D eigenvalue weighted by atomic mass is 9.97. The molecule has 0 saturated carbocycles. The van der Waals surface area contributed by atoms with Gasteiger partial charge in [0.2, 0.25) is 0 Å². The van der Waals surface area contributed by atoms with Crippen LogP contribution in [-0.2, 0) is 0 Å². The van der Waals surface area contributed by atoms with Crippen molar-refractivity contribution in [1.82, 2.24) is 25.4 Å². The van der Waals surface area contributed by atoms with Gasteiger partial charge in [-0.2, -0.15) is 5.10 Å². The summed E-state index contributed by atoms with van der Waals surface area (Å²) in [5, 5.41) is 15.3. The third kappa shape index (κ3) is 2.36. The van der Waals surface area contributed by atoms with Gasteiger partial charge in [-0.1, -0.05) is 0 Å². The van der Waals surface area contributed by atoms with Crippen molar-refractivity contribution in [2.24, 2.45) is 5.92 Å². The second-order valence-electron chi connectivity index (χ2n) is 6.87. The topological polar surface area (TPSA) is 74.1 Å². The zero-order valence-corrected chi connectivity index (χ0v) is 13.5. The Morgan fingerprint density at radius 3 is 2.83 bits per heavy atom. The van der Waals surface area contributed by atoms with Gasteiger partial charge in [-0.05, 0) is 54.4 Å². The van der Waals surface area contributed by atoms with Crippen LogP contribution in [0, 0.1) is 5.92 Å². The summed E-state index contributed by atoms with van der Waals surface area (Å²) in [6.07, 6.45) is 4.54. The molecule has 0 atom stereocenters. The number of fused-ring (bicyclic) bond motifs is 1. The molecule has 1 aromatic carbocycles. The highest BCUT2D eigenvalue weighted by Crippen LogP contribution is 2.34. The van der Waals surface area contributed by atoms with Crippen molar-refractivity contribution in [1.29, 1.82) is 0 Å². The lowest BCUT2D eigenvalue weighted by Crippen LogP contribution is -2.51. The van der Waals surface area contributed by atoms with Crippen molar-refractivity contribution in [2.45, 2.75) is 12.8 Å². The molecule has 2 fully saturated rings. The number of benzene rings is 1. The van der Waals surface area contributed by atoms with Crippen molar-refractivity contribution in [3.63, 3.8) is 0 Å². The van der Waals surface area contributed by atoms with Gasteiger partial charge < -0.3 is 9.80 Å². The van der Waals surface area contributed by atoms with Gasteiger partial charge in [0.25, 0.3) is 0 Å². The number of aromatic nitrogens is 4. The van der Waals surface area contributed by atoms with Crippen LogP contribution in [0.2, 0.25) is 0 Å². The zero-order chi connectivity index (χ0) is 15.9. The van der Waals surface area contributed by atoms with Gasteiger partial charge in [0.15, 0.2) is 5.52 Å². The number of hydrogen-bond acceptors (Lipinski definition) is 6. The Balaban J connectivity index is 1.39. The van der Waals surface area contributed by atoms with Gasteiger partial charge in [0.05, 0.1) is 11.4 Å². The average Bonchev–Trinajstić information content (AvgIpc) is 3.31. The monoisotopic (exact) mass is 324 g/mol. The lowest BCUT2D eigenvalue weighted by molar-refractivity contribution is 0.247. The summed E-state index contributed by atoms with van der Waals surface area (Å²) in [7, 11) is 0. The van der Waals surface area contributed by atoms with Gasteiger partial charge in [-0.3, -0.25) is 5.10 Å². The van der Waals surface area contributed by atoms with Gasteiger partial charge in [-0.15, -0.1) is 0 Å². The molecule has 0 unspecified atom stereocenters. The molecule has 7 heteroatoms. The lowest BCUT2D eigenvalue weighted by Gasteiger charge is -2.42. The molecule has 24 heavy (non-hydrogen) atoms. The molecule has 0 amide bonds. The van der Waals surface area contributed by atoms with E-state index in [9.17, 15) is 0 Å². The summed E-state index contributed by atoms with van der Waals surface area (Å²) < 4.78 is 4.97. The van der Waals surface area contributed by atoms with Crippen LogP contribution in [0.3, 0.4) is 0 Å². The van der Waals surface area contributed by atoms with Crippen LogP contribution < -0.4 is 4.90 Å². The van der Waals surface area contributed by atoms with Crippen molar-refractivity contribution in [3.8, 4) is 11.3 Å². The first-order valence-electron chi connectivity index (χ1n) is 8.60. The van der Waals surface area contributed by atoms with E-state index in [1.54, 1.807) is 0 Å². The van der Waals surface area contributed by atoms with Crippen molar-refractivity contribution < 1.29 is 4.63 Å². The van der Waals surface area contributed by atoms with Crippen LogP contribution in [0.1, 0.15) is 12.8 Å². The summed E-state index contributed by atoms with van der Waals surface area (Å²) in [6, 6.07) is 6.09. The number of likely N-dealkylation sites (tertiary alicyclic amines) is 1. The van der Waals surface area contributed by atoms with E-state index in [1.165, 1.54) is 32.5 Å². The highest BCUT2D eigenvalue weighted by atomic mass is 16.6. The molecule has 0 aliphatic carbocycles. The van der Waals surface area contributed by atoms with Crippen molar-refractivity contribution in [2.75, 3.05) is 37.6 Å². The molecule has 7 nitrogen and oxygen atoms in total. The highest BCUT2D eigenvalue weighted by molar-refractivity contribution is 5.92. The van der Waals surface area contributed by atoms with Crippen molar-refractivity contribution >= 4 is 16.7 Å². The maximum absolute atomic E-state index is 4.97. The van der Waals surface area contributed by atoms with E-state index in [2.05, 4.69) is 36.4 Å². The van der Waals surface area contributed by atoms with Crippen LogP contribution in [-0.4, -0.2) is 58.1 Å². The minimum absolute atomic E-state index is 0.743. The molecule has 2 saturated heterocycles. The Kier molecular flexibility index (Phi) is 3.26.